The Labute approximate surface area is 166 Å². The van der Waals surface area contributed by atoms with Crippen molar-refractivity contribution >= 4 is 41.6 Å². The maximum absolute atomic E-state index is 6.04. The highest BCUT2D eigenvalue weighted by atomic mass is 35.5. The summed E-state index contributed by atoms with van der Waals surface area (Å²) >= 11 is 17.3. The van der Waals surface area contributed by atoms with Crippen molar-refractivity contribution in [3.05, 3.63) is 62.8 Å². The molecule has 0 amide bonds. The third-order valence-corrected chi connectivity index (χ3v) is 4.38. The van der Waals surface area contributed by atoms with Gasteiger partial charge in [-0.25, -0.2) is 5.10 Å². The molecule has 0 unspecified atom stereocenters. The molecule has 0 aliphatic carbocycles. The van der Waals surface area contributed by atoms with E-state index >= 15 is 0 Å². The number of nitrogens with one attached hydrogen (secondary N) is 1. The molecule has 3 aromatic rings. The van der Waals surface area contributed by atoms with Gasteiger partial charge in [-0.05, 0) is 55.9 Å². The van der Waals surface area contributed by atoms with E-state index in [2.05, 4.69) is 15.3 Å². The number of benzene rings is 2. The lowest BCUT2D eigenvalue weighted by Crippen LogP contribution is -2.05. The predicted molar refractivity (Wildman–Crippen MR) is 108 cm³/mol. The lowest BCUT2D eigenvalue weighted by Gasteiger charge is -2.10. The zero-order chi connectivity index (χ0) is 18.7. The summed E-state index contributed by atoms with van der Waals surface area (Å²) in [4.78, 5) is 0. The van der Waals surface area contributed by atoms with Crippen molar-refractivity contribution in [2.75, 3.05) is 0 Å². The summed E-state index contributed by atoms with van der Waals surface area (Å²) in [5.74, 6) is 1.34. The first-order chi connectivity index (χ1) is 12.4. The van der Waals surface area contributed by atoms with Crippen LogP contribution in [0.25, 0.3) is 11.4 Å². The molecule has 2 aromatic carbocycles. The minimum atomic E-state index is 0.0822. The molecular weight excluding hydrogens is 391 g/mol. The minimum Gasteiger partial charge on any atom is -0.491 e. The third-order valence-electron chi connectivity index (χ3n) is 3.38. The van der Waals surface area contributed by atoms with Gasteiger partial charge in [0.15, 0.2) is 5.82 Å². The molecule has 0 atom stereocenters. The van der Waals surface area contributed by atoms with Crippen molar-refractivity contribution in [3.8, 4) is 17.1 Å². The highest BCUT2D eigenvalue weighted by Gasteiger charge is 2.10. The van der Waals surface area contributed by atoms with E-state index in [9.17, 15) is 0 Å². The van der Waals surface area contributed by atoms with Crippen molar-refractivity contribution in [1.29, 1.82) is 0 Å². The minimum absolute atomic E-state index is 0.0822. The van der Waals surface area contributed by atoms with Crippen LogP contribution in [0.4, 0.5) is 0 Å². The van der Waals surface area contributed by atoms with Gasteiger partial charge in [0.1, 0.15) is 5.75 Å². The lowest BCUT2D eigenvalue weighted by molar-refractivity contribution is 0.242. The van der Waals surface area contributed by atoms with Gasteiger partial charge >= 0.3 is 0 Å². The molecule has 3 rings (SSSR count). The van der Waals surface area contributed by atoms with Gasteiger partial charge in [0, 0.05) is 5.56 Å². The monoisotopic (exact) mass is 406 g/mol. The first-order valence-corrected chi connectivity index (χ1v) is 9.04. The number of aromatic nitrogens is 3. The second kappa shape index (κ2) is 8.03. The number of H-pyrrole nitrogens is 1. The molecule has 1 heterocycles. The summed E-state index contributed by atoms with van der Waals surface area (Å²) in [6, 6.07) is 12.9. The summed E-state index contributed by atoms with van der Waals surface area (Å²) < 4.78 is 7.67. The summed E-state index contributed by atoms with van der Waals surface area (Å²) in [5, 5.41) is 12.4. The van der Waals surface area contributed by atoms with Crippen LogP contribution in [0.1, 0.15) is 19.4 Å². The molecule has 0 aliphatic heterocycles. The molecule has 0 spiro atoms. The van der Waals surface area contributed by atoms with Gasteiger partial charge in [-0.3, -0.25) is 0 Å². The Morgan fingerprint density at radius 1 is 1.19 bits per heavy atom. The third kappa shape index (κ3) is 4.33. The lowest BCUT2D eigenvalue weighted by atomic mass is 10.2. The van der Waals surface area contributed by atoms with Crippen molar-refractivity contribution in [2.45, 2.75) is 20.0 Å². The van der Waals surface area contributed by atoms with Crippen LogP contribution in [0, 0.1) is 4.77 Å². The number of hydrogen-bond donors (Lipinski definition) is 1. The fourth-order valence-corrected chi connectivity index (χ4v) is 2.77. The Morgan fingerprint density at radius 2 is 2.00 bits per heavy atom. The number of hydrogen-bond acceptors (Lipinski definition) is 4. The van der Waals surface area contributed by atoms with Crippen molar-refractivity contribution < 1.29 is 4.74 Å². The molecule has 0 bridgehead atoms. The fraction of sp³-hybridized carbons (Fsp3) is 0.167. The summed E-state index contributed by atoms with van der Waals surface area (Å²) in [7, 11) is 0. The topological polar surface area (TPSA) is 55.2 Å². The number of aromatic amines is 1. The van der Waals surface area contributed by atoms with E-state index in [1.165, 1.54) is 0 Å². The van der Waals surface area contributed by atoms with Crippen LogP contribution in [0.5, 0.6) is 5.75 Å². The number of nitrogens with zero attached hydrogens (tertiary/aromatic N) is 3. The number of rotatable bonds is 5. The molecule has 0 radical (unpaired) electrons. The summed E-state index contributed by atoms with van der Waals surface area (Å²) in [6.45, 7) is 3.95. The first kappa shape index (κ1) is 18.6. The Morgan fingerprint density at radius 3 is 2.73 bits per heavy atom. The second-order valence-electron chi connectivity index (χ2n) is 5.78. The highest BCUT2D eigenvalue weighted by Crippen LogP contribution is 2.24. The fourth-order valence-electron chi connectivity index (χ4n) is 2.28. The van der Waals surface area contributed by atoms with E-state index in [1.807, 2.05) is 44.2 Å². The van der Waals surface area contributed by atoms with Crippen molar-refractivity contribution in [3.63, 3.8) is 0 Å². The molecule has 8 heteroatoms. The molecule has 5 nitrogen and oxygen atoms in total. The van der Waals surface area contributed by atoms with Gasteiger partial charge in [-0.1, -0.05) is 41.4 Å². The maximum atomic E-state index is 6.04. The smallest absolute Gasteiger partial charge is 0.216 e. The van der Waals surface area contributed by atoms with E-state index in [0.717, 1.165) is 16.9 Å². The molecule has 0 aliphatic rings. The summed E-state index contributed by atoms with van der Waals surface area (Å²) in [6.07, 6.45) is 1.73. The molecule has 0 saturated heterocycles. The maximum Gasteiger partial charge on any atom is 0.216 e. The van der Waals surface area contributed by atoms with Crippen LogP contribution in [-0.2, 0) is 0 Å². The van der Waals surface area contributed by atoms with Crippen LogP contribution in [-0.4, -0.2) is 27.2 Å². The van der Waals surface area contributed by atoms with E-state index in [1.54, 1.807) is 23.0 Å². The van der Waals surface area contributed by atoms with Crippen molar-refractivity contribution in [2.24, 2.45) is 5.10 Å². The Balaban J connectivity index is 1.95. The molecular formula is C18H16Cl2N4OS. The SMILES string of the molecule is CC(C)Oc1cccc(-c2n[nH]c(=S)n2N=Cc2ccc(Cl)c(Cl)c2)c1. The predicted octanol–water partition coefficient (Wildman–Crippen LogP) is 5.58. The van der Waals surface area contributed by atoms with E-state index in [4.69, 9.17) is 40.2 Å². The van der Waals surface area contributed by atoms with Crippen molar-refractivity contribution in [1.82, 2.24) is 14.9 Å². The zero-order valence-electron chi connectivity index (χ0n) is 14.1. The standard InChI is InChI=1S/C18H16Cl2N4OS/c1-11(2)25-14-5-3-4-13(9-14)17-22-23-18(26)24(17)21-10-12-6-7-15(19)16(20)8-12/h3-11H,1-2H3,(H,23,26). The average Bonchev–Trinajstić information content (AvgIpc) is 2.96. The van der Waals surface area contributed by atoms with Crippen LogP contribution in [0.3, 0.4) is 0 Å². The van der Waals surface area contributed by atoms with Crippen LogP contribution in [0.2, 0.25) is 10.0 Å². The Hall–Kier alpha value is -2.15. The number of halogens is 2. The normalized spacial score (nSPS) is 11.4. The average molecular weight is 407 g/mol. The van der Waals surface area contributed by atoms with Crippen LogP contribution >= 0.6 is 35.4 Å². The van der Waals surface area contributed by atoms with Gasteiger partial charge in [0.2, 0.25) is 4.77 Å². The molecule has 134 valence electrons. The Bertz CT molecular complexity index is 1010. The summed E-state index contributed by atoms with van der Waals surface area (Å²) in [5.41, 5.74) is 1.63. The zero-order valence-corrected chi connectivity index (χ0v) is 16.4. The van der Waals surface area contributed by atoms with Gasteiger partial charge in [-0.15, -0.1) is 0 Å². The second-order valence-corrected chi connectivity index (χ2v) is 6.98. The molecule has 1 N–H and O–H groups in total. The van der Waals surface area contributed by atoms with Gasteiger partial charge < -0.3 is 4.74 Å². The Kier molecular flexibility index (Phi) is 5.76. The van der Waals surface area contributed by atoms with Gasteiger partial charge in [-0.2, -0.15) is 14.9 Å². The molecule has 0 saturated carbocycles. The highest BCUT2D eigenvalue weighted by molar-refractivity contribution is 7.71. The van der Waals surface area contributed by atoms with E-state index in [0.29, 0.717) is 20.6 Å². The van der Waals surface area contributed by atoms with E-state index in [-0.39, 0.29) is 6.10 Å². The molecule has 0 fully saturated rings. The molecule has 26 heavy (non-hydrogen) atoms. The first-order valence-electron chi connectivity index (χ1n) is 7.88. The number of ether oxygens (including phenoxy) is 1. The molecule has 1 aromatic heterocycles. The largest absolute Gasteiger partial charge is 0.491 e. The quantitative estimate of drug-likeness (QED) is 0.444. The van der Waals surface area contributed by atoms with Gasteiger partial charge in [0.05, 0.1) is 22.4 Å². The van der Waals surface area contributed by atoms with Crippen LogP contribution < -0.4 is 4.74 Å². The van der Waals surface area contributed by atoms with Gasteiger partial charge in [0.25, 0.3) is 0 Å². The van der Waals surface area contributed by atoms with E-state index < -0.39 is 0 Å². The van der Waals surface area contributed by atoms with Crippen LogP contribution in [0.15, 0.2) is 47.6 Å².